The summed E-state index contributed by atoms with van der Waals surface area (Å²) < 4.78 is 22.4. The maximum Gasteiger partial charge on any atom is 0.191 e. The topological polar surface area (TPSA) is 70.6 Å². The lowest BCUT2D eigenvalue weighted by molar-refractivity contribution is 0.581. The van der Waals surface area contributed by atoms with Crippen LogP contribution in [0.5, 0.6) is 0 Å². The van der Waals surface area contributed by atoms with E-state index < -0.39 is 9.84 Å². The zero-order valence-corrected chi connectivity index (χ0v) is 17.9. The predicted octanol–water partition coefficient (Wildman–Crippen LogP) is 2.62. The summed E-state index contributed by atoms with van der Waals surface area (Å²) in [5.41, 5.74) is 1.32. The van der Waals surface area contributed by atoms with Crippen LogP contribution in [0.15, 0.2) is 35.3 Å². The normalized spacial score (nSPS) is 13.0. The molecule has 0 fully saturated rings. The van der Waals surface area contributed by atoms with Gasteiger partial charge in [-0.15, -0.1) is 24.0 Å². The molecule has 0 aliphatic heterocycles. The summed E-state index contributed by atoms with van der Waals surface area (Å²) in [5, 5.41) is 6.46. The van der Waals surface area contributed by atoms with Gasteiger partial charge in [-0.2, -0.15) is 0 Å². The van der Waals surface area contributed by atoms with Crippen LogP contribution in [-0.2, 0) is 16.3 Å². The molecule has 0 aromatic heterocycles. The number of aryl methyl sites for hydroxylation is 1. The number of hydrogen-bond donors (Lipinski definition) is 2. The number of rotatable bonds is 9. The minimum absolute atomic E-state index is 0. The van der Waals surface area contributed by atoms with Gasteiger partial charge in [0.1, 0.15) is 9.84 Å². The molecule has 0 spiro atoms. The van der Waals surface area contributed by atoms with Gasteiger partial charge in [-0.3, -0.25) is 4.99 Å². The van der Waals surface area contributed by atoms with Crippen LogP contribution in [0.1, 0.15) is 32.3 Å². The average molecular weight is 467 g/mol. The molecule has 0 radical (unpaired) electrons. The number of guanidine groups is 1. The maximum absolute atomic E-state index is 11.2. The summed E-state index contributed by atoms with van der Waals surface area (Å²) in [6.07, 6.45) is 3.83. The van der Waals surface area contributed by atoms with E-state index in [1.54, 1.807) is 0 Å². The van der Waals surface area contributed by atoms with E-state index >= 15 is 0 Å². The van der Waals surface area contributed by atoms with Crippen molar-refractivity contribution in [2.24, 2.45) is 4.99 Å². The van der Waals surface area contributed by atoms with Crippen LogP contribution < -0.4 is 10.6 Å². The molecule has 1 rings (SSSR count). The molecule has 0 aliphatic rings. The third-order valence-electron chi connectivity index (χ3n) is 3.39. The smallest absolute Gasteiger partial charge is 0.191 e. The highest BCUT2D eigenvalue weighted by Crippen LogP contribution is 2.02. The van der Waals surface area contributed by atoms with Gasteiger partial charge in [-0.05, 0) is 38.7 Å². The van der Waals surface area contributed by atoms with E-state index in [-0.39, 0.29) is 35.8 Å². The minimum Gasteiger partial charge on any atom is -0.357 e. The maximum atomic E-state index is 11.2. The standard InChI is InChI=1S/C17H29N3O2S.HI/c1-4-18-17(20-15(2)12-14-23(3,21)22)19-13-8-11-16-9-6-5-7-10-16;/h5-7,9-10,15H,4,8,11-14H2,1-3H3,(H2,18,19,20);1H. The van der Waals surface area contributed by atoms with Gasteiger partial charge >= 0.3 is 0 Å². The lowest BCUT2D eigenvalue weighted by Gasteiger charge is -2.17. The minimum atomic E-state index is -2.92. The Balaban J connectivity index is 0.00000529. The van der Waals surface area contributed by atoms with Gasteiger partial charge in [0.05, 0.1) is 5.75 Å². The van der Waals surface area contributed by atoms with Crippen molar-refractivity contribution < 1.29 is 8.42 Å². The third-order valence-corrected chi connectivity index (χ3v) is 4.36. The van der Waals surface area contributed by atoms with Crippen LogP contribution in [-0.4, -0.2) is 45.5 Å². The Hall–Kier alpha value is -0.830. The largest absolute Gasteiger partial charge is 0.357 e. The molecule has 5 nitrogen and oxygen atoms in total. The second-order valence-corrected chi connectivity index (χ2v) is 8.07. The molecule has 0 heterocycles. The van der Waals surface area contributed by atoms with E-state index in [1.165, 1.54) is 11.8 Å². The van der Waals surface area contributed by atoms with E-state index in [2.05, 4.69) is 27.8 Å². The molecule has 0 bridgehead atoms. The molecule has 2 N–H and O–H groups in total. The summed E-state index contributed by atoms with van der Waals surface area (Å²) in [4.78, 5) is 4.56. The number of sulfone groups is 1. The van der Waals surface area contributed by atoms with Crippen LogP contribution in [0.2, 0.25) is 0 Å². The number of nitrogens with zero attached hydrogens (tertiary/aromatic N) is 1. The van der Waals surface area contributed by atoms with Crippen molar-refractivity contribution in [3.8, 4) is 0 Å². The summed E-state index contributed by atoms with van der Waals surface area (Å²) in [5.74, 6) is 0.941. The zero-order chi connectivity index (χ0) is 17.1. The first-order chi connectivity index (χ1) is 10.9. The molecule has 24 heavy (non-hydrogen) atoms. The molecular formula is C17H30IN3O2S. The molecule has 0 aliphatic carbocycles. The number of benzene rings is 1. The van der Waals surface area contributed by atoms with Gasteiger partial charge < -0.3 is 10.6 Å². The SMILES string of the molecule is CCNC(=NCCCc1ccccc1)NC(C)CCS(C)(=O)=O.I. The summed E-state index contributed by atoms with van der Waals surface area (Å²) in [7, 11) is -2.92. The fourth-order valence-corrected chi connectivity index (χ4v) is 2.92. The van der Waals surface area contributed by atoms with Crippen molar-refractivity contribution >= 4 is 39.8 Å². The molecule has 7 heteroatoms. The number of halogens is 1. The van der Waals surface area contributed by atoms with Crippen LogP contribution >= 0.6 is 24.0 Å². The number of hydrogen-bond acceptors (Lipinski definition) is 3. The second kappa shape index (κ2) is 12.5. The molecule has 0 saturated heterocycles. The predicted molar refractivity (Wildman–Crippen MR) is 113 cm³/mol. The van der Waals surface area contributed by atoms with Gasteiger partial charge in [0.15, 0.2) is 5.96 Å². The summed E-state index contributed by atoms with van der Waals surface area (Å²) in [6, 6.07) is 10.4. The average Bonchev–Trinajstić information content (AvgIpc) is 2.50. The lowest BCUT2D eigenvalue weighted by atomic mass is 10.1. The monoisotopic (exact) mass is 467 g/mol. The first kappa shape index (κ1) is 23.2. The molecule has 1 atom stereocenters. The highest BCUT2D eigenvalue weighted by Gasteiger charge is 2.09. The van der Waals surface area contributed by atoms with Crippen molar-refractivity contribution in [3.63, 3.8) is 0 Å². The third kappa shape index (κ3) is 11.7. The Bertz CT molecular complexity index is 577. The summed E-state index contributed by atoms with van der Waals surface area (Å²) in [6.45, 7) is 5.51. The van der Waals surface area contributed by atoms with Crippen molar-refractivity contribution in [1.82, 2.24) is 10.6 Å². The quantitative estimate of drug-likeness (QED) is 0.254. The van der Waals surface area contributed by atoms with Crippen LogP contribution in [0.4, 0.5) is 0 Å². The fourth-order valence-electron chi connectivity index (χ4n) is 2.14. The first-order valence-electron chi connectivity index (χ1n) is 8.17. The fraction of sp³-hybridized carbons (Fsp3) is 0.588. The first-order valence-corrected chi connectivity index (χ1v) is 10.2. The highest BCUT2D eigenvalue weighted by molar-refractivity contribution is 14.0. The second-order valence-electron chi connectivity index (χ2n) is 5.81. The Labute approximate surface area is 163 Å². The molecule has 138 valence electrons. The van der Waals surface area contributed by atoms with Crippen LogP contribution in [0, 0.1) is 0 Å². The highest BCUT2D eigenvalue weighted by atomic mass is 127. The zero-order valence-electron chi connectivity index (χ0n) is 14.8. The van der Waals surface area contributed by atoms with E-state index in [0.717, 1.165) is 31.9 Å². The van der Waals surface area contributed by atoms with Gasteiger partial charge in [0.25, 0.3) is 0 Å². The molecule has 0 saturated carbocycles. The van der Waals surface area contributed by atoms with Crippen molar-refractivity contribution in [1.29, 1.82) is 0 Å². The Kier molecular flexibility index (Phi) is 12.1. The van der Waals surface area contributed by atoms with E-state index in [4.69, 9.17) is 0 Å². The van der Waals surface area contributed by atoms with Crippen LogP contribution in [0.25, 0.3) is 0 Å². The van der Waals surface area contributed by atoms with E-state index in [1.807, 2.05) is 32.0 Å². The summed E-state index contributed by atoms with van der Waals surface area (Å²) >= 11 is 0. The molecule has 1 aromatic rings. The van der Waals surface area contributed by atoms with Gasteiger partial charge in [0, 0.05) is 25.4 Å². The van der Waals surface area contributed by atoms with Crippen molar-refractivity contribution in [3.05, 3.63) is 35.9 Å². The number of aliphatic imine (C=N–C) groups is 1. The Morgan fingerprint density at radius 3 is 2.50 bits per heavy atom. The van der Waals surface area contributed by atoms with Gasteiger partial charge in [-0.25, -0.2) is 8.42 Å². The van der Waals surface area contributed by atoms with Gasteiger partial charge in [0.2, 0.25) is 0 Å². The lowest BCUT2D eigenvalue weighted by Crippen LogP contribution is -2.42. The van der Waals surface area contributed by atoms with E-state index in [0.29, 0.717) is 6.42 Å². The van der Waals surface area contributed by atoms with Crippen molar-refractivity contribution in [2.45, 2.75) is 39.2 Å². The van der Waals surface area contributed by atoms with E-state index in [9.17, 15) is 8.42 Å². The van der Waals surface area contributed by atoms with Crippen molar-refractivity contribution in [2.75, 3.05) is 25.1 Å². The Morgan fingerprint density at radius 1 is 1.25 bits per heavy atom. The molecule has 1 aromatic carbocycles. The van der Waals surface area contributed by atoms with Gasteiger partial charge in [-0.1, -0.05) is 30.3 Å². The van der Waals surface area contributed by atoms with Crippen LogP contribution in [0.3, 0.4) is 0 Å². The molecule has 1 unspecified atom stereocenters. The molecular weight excluding hydrogens is 437 g/mol. The Morgan fingerprint density at radius 2 is 1.92 bits per heavy atom. The number of nitrogens with one attached hydrogen (secondary N) is 2. The molecule has 0 amide bonds.